The summed E-state index contributed by atoms with van der Waals surface area (Å²) in [5.41, 5.74) is 0. The quantitative estimate of drug-likeness (QED) is 0.603. The zero-order chi connectivity index (χ0) is 8.81. The molecule has 0 aliphatic heterocycles. The van der Waals surface area contributed by atoms with Crippen molar-refractivity contribution in [3.63, 3.8) is 0 Å². The van der Waals surface area contributed by atoms with Gasteiger partial charge in [0.2, 0.25) is 0 Å². The summed E-state index contributed by atoms with van der Waals surface area (Å²) in [7, 11) is 0. The van der Waals surface area contributed by atoms with Gasteiger partial charge in [-0.15, -0.1) is 0 Å². The van der Waals surface area contributed by atoms with Crippen LogP contribution in [0.15, 0.2) is 0 Å². The van der Waals surface area contributed by atoms with Crippen molar-refractivity contribution in [2.24, 2.45) is 11.8 Å². The Hall–Kier alpha value is -0.0400. The highest BCUT2D eigenvalue weighted by atomic mass is 14.9. The summed E-state index contributed by atoms with van der Waals surface area (Å²) in [5, 5.41) is 3.53. The molecule has 0 heterocycles. The average Bonchev–Trinajstić information content (AvgIpc) is 2.06. The van der Waals surface area contributed by atoms with Crippen molar-refractivity contribution in [1.29, 1.82) is 0 Å². The zero-order valence-electron chi connectivity index (χ0n) is 8.60. The minimum Gasteiger partial charge on any atom is -0.316 e. The van der Waals surface area contributed by atoms with E-state index in [-0.39, 0.29) is 0 Å². The fourth-order valence-electron chi connectivity index (χ4n) is 2.12. The molecule has 1 rings (SSSR count). The molecule has 0 aromatic carbocycles. The number of hydrogen-bond donors (Lipinski definition) is 1. The van der Waals surface area contributed by atoms with Crippen LogP contribution < -0.4 is 5.32 Å². The smallest absolute Gasteiger partial charge is 0.00179 e. The summed E-state index contributed by atoms with van der Waals surface area (Å²) in [6, 6.07) is 0. The molecule has 0 aromatic heterocycles. The van der Waals surface area contributed by atoms with Gasteiger partial charge >= 0.3 is 0 Å². The molecule has 1 N–H and O–H groups in total. The van der Waals surface area contributed by atoms with Crippen molar-refractivity contribution in [2.45, 2.75) is 46.0 Å². The summed E-state index contributed by atoms with van der Waals surface area (Å²) in [4.78, 5) is 0. The van der Waals surface area contributed by atoms with Crippen LogP contribution in [0, 0.1) is 11.8 Å². The van der Waals surface area contributed by atoms with E-state index < -0.39 is 0 Å². The van der Waals surface area contributed by atoms with Gasteiger partial charge in [0.15, 0.2) is 0 Å². The van der Waals surface area contributed by atoms with Crippen molar-refractivity contribution in [3.8, 4) is 0 Å². The van der Waals surface area contributed by atoms with E-state index in [0.29, 0.717) is 0 Å². The summed E-state index contributed by atoms with van der Waals surface area (Å²) in [5.74, 6) is 2.07. The number of nitrogens with one attached hydrogen (secondary N) is 1. The van der Waals surface area contributed by atoms with Crippen molar-refractivity contribution < 1.29 is 0 Å². The lowest BCUT2D eigenvalue weighted by molar-refractivity contribution is 0.159. The lowest BCUT2D eigenvalue weighted by atomic mass is 9.71. The Labute approximate surface area is 76.9 Å². The summed E-state index contributed by atoms with van der Waals surface area (Å²) in [6.07, 6.45) is 7.06. The van der Waals surface area contributed by atoms with Crippen LogP contribution in [0.3, 0.4) is 0 Å². The first-order chi connectivity index (χ1) is 5.88. The van der Waals surface area contributed by atoms with Crippen molar-refractivity contribution >= 4 is 0 Å². The monoisotopic (exact) mass is 169 g/mol. The van der Waals surface area contributed by atoms with Gasteiger partial charge in [0.1, 0.15) is 0 Å². The maximum atomic E-state index is 3.53. The van der Waals surface area contributed by atoms with Gasteiger partial charge in [-0.25, -0.2) is 0 Å². The zero-order valence-corrected chi connectivity index (χ0v) is 8.60. The van der Waals surface area contributed by atoms with Gasteiger partial charge in [0.05, 0.1) is 0 Å². The second-order valence-corrected chi connectivity index (χ2v) is 4.09. The molecule has 0 bridgehead atoms. The van der Waals surface area contributed by atoms with Crippen LogP contribution in [0.2, 0.25) is 0 Å². The molecule has 12 heavy (non-hydrogen) atoms. The summed E-state index contributed by atoms with van der Waals surface area (Å²) < 4.78 is 0. The molecule has 0 aromatic rings. The molecule has 0 radical (unpaired) electrons. The van der Waals surface area contributed by atoms with Crippen LogP contribution in [0.25, 0.3) is 0 Å². The third-order valence-electron chi connectivity index (χ3n) is 3.07. The largest absolute Gasteiger partial charge is 0.316 e. The van der Waals surface area contributed by atoms with Crippen LogP contribution in [0.4, 0.5) is 0 Å². The van der Waals surface area contributed by atoms with Crippen molar-refractivity contribution in [3.05, 3.63) is 0 Å². The molecule has 1 fully saturated rings. The highest BCUT2D eigenvalue weighted by Gasteiger charge is 2.28. The fraction of sp³-hybridized carbons (Fsp3) is 1.00. The van der Waals surface area contributed by atoms with Gasteiger partial charge in [-0.3, -0.25) is 0 Å². The first-order valence-corrected chi connectivity index (χ1v) is 5.59. The number of hydrogen-bond acceptors (Lipinski definition) is 1. The Morgan fingerprint density at radius 1 is 1.08 bits per heavy atom. The summed E-state index contributed by atoms with van der Waals surface area (Å²) >= 11 is 0. The average molecular weight is 169 g/mol. The van der Waals surface area contributed by atoms with Crippen molar-refractivity contribution in [2.75, 3.05) is 13.1 Å². The second kappa shape index (κ2) is 5.58. The van der Waals surface area contributed by atoms with E-state index in [4.69, 9.17) is 0 Å². The maximum Gasteiger partial charge on any atom is -0.00179 e. The fourth-order valence-corrected chi connectivity index (χ4v) is 2.12. The second-order valence-electron chi connectivity index (χ2n) is 4.09. The predicted molar refractivity (Wildman–Crippen MR) is 54.3 cm³/mol. The Morgan fingerprint density at radius 2 is 1.83 bits per heavy atom. The molecule has 2 atom stereocenters. The van der Waals surface area contributed by atoms with Gasteiger partial charge in [0, 0.05) is 0 Å². The van der Waals surface area contributed by atoms with Crippen LogP contribution in [-0.4, -0.2) is 13.1 Å². The molecule has 0 spiro atoms. The standard InChI is InChI=1S/C11H23N/c1-3-5-10-6-7-11(10)9-12-8-4-2/h10-12H,3-9H2,1-2H3. The minimum absolute atomic E-state index is 1.01. The first kappa shape index (κ1) is 10.0. The highest BCUT2D eigenvalue weighted by molar-refractivity contribution is 4.81. The van der Waals surface area contributed by atoms with Gasteiger partial charge in [-0.2, -0.15) is 0 Å². The van der Waals surface area contributed by atoms with Gasteiger partial charge in [-0.1, -0.05) is 26.7 Å². The topological polar surface area (TPSA) is 12.0 Å². The first-order valence-electron chi connectivity index (χ1n) is 5.59. The Balaban J connectivity index is 2.00. The van der Waals surface area contributed by atoms with E-state index in [1.165, 1.54) is 45.2 Å². The van der Waals surface area contributed by atoms with E-state index in [1.807, 2.05) is 0 Å². The van der Waals surface area contributed by atoms with Gasteiger partial charge in [-0.05, 0) is 44.2 Å². The van der Waals surface area contributed by atoms with Gasteiger partial charge in [0.25, 0.3) is 0 Å². The molecule has 1 aliphatic rings. The predicted octanol–water partition coefficient (Wildman–Crippen LogP) is 2.81. The van der Waals surface area contributed by atoms with Crippen LogP contribution in [-0.2, 0) is 0 Å². The molecule has 72 valence electrons. The normalized spacial score (nSPS) is 28.5. The molecule has 0 amide bonds. The molecule has 2 unspecified atom stereocenters. The maximum absolute atomic E-state index is 3.53. The highest BCUT2D eigenvalue weighted by Crippen LogP contribution is 2.36. The van der Waals surface area contributed by atoms with Crippen molar-refractivity contribution in [1.82, 2.24) is 5.32 Å². The molecule has 1 aliphatic carbocycles. The lowest BCUT2D eigenvalue weighted by Gasteiger charge is -2.36. The Morgan fingerprint density at radius 3 is 2.33 bits per heavy atom. The van der Waals surface area contributed by atoms with Crippen LogP contribution in [0.1, 0.15) is 46.0 Å². The van der Waals surface area contributed by atoms with Gasteiger partial charge < -0.3 is 5.32 Å². The molecule has 0 saturated heterocycles. The van der Waals surface area contributed by atoms with E-state index in [9.17, 15) is 0 Å². The molecular formula is C11H23N. The Bertz CT molecular complexity index is 112. The van der Waals surface area contributed by atoms with Crippen LogP contribution >= 0.6 is 0 Å². The third kappa shape index (κ3) is 2.78. The molecule has 1 saturated carbocycles. The van der Waals surface area contributed by atoms with Crippen LogP contribution in [0.5, 0.6) is 0 Å². The van der Waals surface area contributed by atoms with E-state index in [2.05, 4.69) is 19.2 Å². The summed E-state index contributed by atoms with van der Waals surface area (Å²) in [6.45, 7) is 7.01. The number of rotatable bonds is 6. The molecular weight excluding hydrogens is 146 g/mol. The third-order valence-corrected chi connectivity index (χ3v) is 3.07. The van der Waals surface area contributed by atoms with E-state index >= 15 is 0 Å². The lowest BCUT2D eigenvalue weighted by Crippen LogP contribution is -2.35. The molecule has 1 heteroatoms. The van der Waals surface area contributed by atoms with E-state index in [1.54, 1.807) is 0 Å². The minimum atomic E-state index is 1.01. The SMILES string of the molecule is CCCNCC1CCC1CCC. The van der Waals surface area contributed by atoms with E-state index in [0.717, 1.165) is 11.8 Å². The molecule has 1 nitrogen and oxygen atoms in total. The Kier molecular flexibility index (Phi) is 4.67.